The van der Waals surface area contributed by atoms with Crippen LogP contribution in [0, 0.1) is 11.8 Å². The SMILES string of the molecule is CCCC(=O)N1CCC[C@H](N)[C@@H]1COC1CCC(C(C)C)CC1. The Morgan fingerprint density at radius 2 is 1.91 bits per heavy atom. The van der Waals surface area contributed by atoms with E-state index < -0.39 is 0 Å². The van der Waals surface area contributed by atoms with Gasteiger partial charge in [0.1, 0.15) is 0 Å². The second kappa shape index (κ2) is 9.03. The fourth-order valence-corrected chi connectivity index (χ4v) is 4.12. The van der Waals surface area contributed by atoms with Crippen molar-refractivity contribution < 1.29 is 9.53 Å². The van der Waals surface area contributed by atoms with Crippen molar-refractivity contribution in [2.24, 2.45) is 17.6 Å². The molecule has 134 valence electrons. The maximum atomic E-state index is 12.3. The molecule has 2 aliphatic rings. The summed E-state index contributed by atoms with van der Waals surface area (Å²) in [6.45, 7) is 8.17. The first-order valence-electron chi connectivity index (χ1n) is 9.69. The number of rotatable bonds is 6. The van der Waals surface area contributed by atoms with E-state index in [0.29, 0.717) is 19.1 Å². The van der Waals surface area contributed by atoms with Gasteiger partial charge in [0.15, 0.2) is 0 Å². The zero-order valence-electron chi connectivity index (χ0n) is 15.3. The molecule has 0 radical (unpaired) electrons. The Kier molecular flexibility index (Phi) is 7.35. The van der Waals surface area contributed by atoms with Crippen LogP contribution in [0.25, 0.3) is 0 Å². The third-order valence-corrected chi connectivity index (χ3v) is 5.78. The average molecular weight is 325 g/mol. The van der Waals surface area contributed by atoms with Gasteiger partial charge in [0.05, 0.1) is 18.8 Å². The fraction of sp³-hybridized carbons (Fsp3) is 0.947. The lowest BCUT2D eigenvalue weighted by molar-refractivity contribution is -0.138. The summed E-state index contributed by atoms with van der Waals surface area (Å²) in [5.41, 5.74) is 6.31. The van der Waals surface area contributed by atoms with E-state index in [0.717, 1.165) is 50.5 Å². The highest BCUT2D eigenvalue weighted by molar-refractivity contribution is 5.76. The number of carbonyl (C=O) groups is 1. The largest absolute Gasteiger partial charge is 0.376 e. The minimum atomic E-state index is 0.0663. The molecule has 1 aliphatic carbocycles. The zero-order valence-corrected chi connectivity index (χ0v) is 15.3. The second-order valence-electron chi connectivity index (χ2n) is 7.82. The lowest BCUT2D eigenvalue weighted by Crippen LogP contribution is -2.56. The van der Waals surface area contributed by atoms with Crippen LogP contribution in [0.1, 0.15) is 72.1 Å². The number of likely N-dealkylation sites (tertiary alicyclic amines) is 1. The van der Waals surface area contributed by atoms with E-state index in [2.05, 4.69) is 20.8 Å². The van der Waals surface area contributed by atoms with Crippen LogP contribution < -0.4 is 5.73 Å². The number of nitrogens with two attached hydrogens (primary N) is 1. The van der Waals surface area contributed by atoms with Crippen LogP contribution in [-0.4, -0.2) is 42.1 Å². The number of nitrogens with zero attached hydrogens (tertiary/aromatic N) is 1. The molecular weight excluding hydrogens is 288 g/mol. The van der Waals surface area contributed by atoms with E-state index in [-0.39, 0.29) is 18.0 Å². The molecule has 2 fully saturated rings. The standard InChI is InChI=1S/C19H36N2O2/c1-4-6-19(22)21-12-5-7-17(20)18(21)13-23-16-10-8-15(9-11-16)14(2)3/h14-18H,4-13,20H2,1-3H3/t15?,16?,17-,18-/m0/s1. The van der Waals surface area contributed by atoms with Gasteiger partial charge in [-0.25, -0.2) is 0 Å². The Morgan fingerprint density at radius 1 is 1.22 bits per heavy atom. The van der Waals surface area contributed by atoms with E-state index in [1.165, 1.54) is 12.8 Å². The topological polar surface area (TPSA) is 55.6 Å². The molecule has 0 aromatic rings. The highest BCUT2D eigenvalue weighted by atomic mass is 16.5. The molecular formula is C19H36N2O2. The van der Waals surface area contributed by atoms with E-state index in [1.54, 1.807) is 0 Å². The summed E-state index contributed by atoms with van der Waals surface area (Å²) in [6, 6.07) is 0.141. The summed E-state index contributed by atoms with van der Waals surface area (Å²) >= 11 is 0. The molecule has 1 saturated carbocycles. The van der Waals surface area contributed by atoms with E-state index in [9.17, 15) is 4.79 Å². The number of piperidine rings is 1. The van der Waals surface area contributed by atoms with Crippen LogP contribution >= 0.6 is 0 Å². The van der Waals surface area contributed by atoms with Crippen molar-refractivity contribution in [2.75, 3.05) is 13.2 Å². The highest BCUT2D eigenvalue weighted by Crippen LogP contribution is 2.31. The smallest absolute Gasteiger partial charge is 0.222 e. The molecule has 0 unspecified atom stereocenters. The predicted octanol–water partition coefficient (Wildman–Crippen LogP) is 3.34. The normalized spacial score (nSPS) is 32.3. The van der Waals surface area contributed by atoms with Crippen LogP contribution in [0.5, 0.6) is 0 Å². The van der Waals surface area contributed by atoms with Gasteiger partial charge < -0.3 is 15.4 Å². The summed E-state index contributed by atoms with van der Waals surface area (Å²) in [7, 11) is 0. The maximum Gasteiger partial charge on any atom is 0.222 e. The van der Waals surface area contributed by atoms with Crippen molar-refractivity contribution in [3.05, 3.63) is 0 Å². The second-order valence-corrected chi connectivity index (χ2v) is 7.82. The number of hydrogen-bond donors (Lipinski definition) is 1. The van der Waals surface area contributed by atoms with Gasteiger partial charge >= 0.3 is 0 Å². The van der Waals surface area contributed by atoms with Gasteiger partial charge in [-0.2, -0.15) is 0 Å². The summed E-state index contributed by atoms with van der Waals surface area (Å²) < 4.78 is 6.21. The van der Waals surface area contributed by atoms with Crippen molar-refractivity contribution in [3.63, 3.8) is 0 Å². The number of ether oxygens (including phenoxy) is 1. The molecule has 0 aromatic heterocycles. The Balaban J connectivity index is 1.83. The average Bonchev–Trinajstić information content (AvgIpc) is 2.54. The van der Waals surface area contributed by atoms with Crippen LogP contribution in [0.4, 0.5) is 0 Å². The first-order valence-corrected chi connectivity index (χ1v) is 9.69. The van der Waals surface area contributed by atoms with Gasteiger partial charge in [0.25, 0.3) is 0 Å². The zero-order chi connectivity index (χ0) is 16.8. The predicted molar refractivity (Wildman–Crippen MR) is 94.2 cm³/mol. The van der Waals surface area contributed by atoms with Gasteiger partial charge in [-0.1, -0.05) is 20.8 Å². The van der Waals surface area contributed by atoms with Gasteiger partial charge in [-0.15, -0.1) is 0 Å². The first kappa shape index (κ1) is 18.7. The minimum Gasteiger partial charge on any atom is -0.376 e. The summed E-state index contributed by atoms with van der Waals surface area (Å²) in [6.07, 6.45) is 8.79. The maximum absolute atomic E-state index is 12.3. The summed E-state index contributed by atoms with van der Waals surface area (Å²) in [5, 5.41) is 0. The molecule has 2 N–H and O–H groups in total. The Morgan fingerprint density at radius 3 is 2.52 bits per heavy atom. The van der Waals surface area contributed by atoms with Crippen LogP contribution in [0.2, 0.25) is 0 Å². The molecule has 1 amide bonds. The molecule has 1 saturated heterocycles. The van der Waals surface area contributed by atoms with Gasteiger partial charge in [-0.05, 0) is 56.8 Å². The third kappa shape index (κ3) is 5.18. The monoisotopic (exact) mass is 324 g/mol. The van der Waals surface area contributed by atoms with Crippen molar-refractivity contribution >= 4 is 5.91 Å². The molecule has 1 aliphatic heterocycles. The third-order valence-electron chi connectivity index (χ3n) is 5.78. The Bertz CT molecular complexity index is 364. The number of hydrogen-bond acceptors (Lipinski definition) is 3. The Labute approximate surface area is 142 Å². The molecule has 1 heterocycles. The van der Waals surface area contributed by atoms with Gasteiger partial charge in [0.2, 0.25) is 5.91 Å². The van der Waals surface area contributed by atoms with Crippen molar-refractivity contribution in [3.8, 4) is 0 Å². The molecule has 0 aromatic carbocycles. The van der Waals surface area contributed by atoms with Gasteiger partial charge in [0, 0.05) is 19.0 Å². The van der Waals surface area contributed by atoms with Crippen molar-refractivity contribution in [2.45, 2.75) is 90.3 Å². The van der Waals surface area contributed by atoms with Crippen molar-refractivity contribution in [1.29, 1.82) is 0 Å². The highest BCUT2D eigenvalue weighted by Gasteiger charge is 2.33. The Hall–Kier alpha value is -0.610. The summed E-state index contributed by atoms with van der Waals surface area (Å²) in [5.74, 6) is 1.89. The molecule has 2 atom stereocenters. The number of carbonyl (C=O) groups excluding carboxylic acids is 1. The fourth-order valence-electron chi connectivity index (χ4n) is 4.12. The lowest BCUT2D eigenvalue weighted by atomic mass is 9.80. The van der Waals surface area contributed by atoms with Crippen LogP contribution in [0.15, 0.2) is 0 Å². The molecule has 2 rings (SSSR count). The van der Waals surface area contributed by atoms with E-state index >= 15 is 0 Å². The molecule has 0 bridgehead atoms. The minimum absolute atomic E-state index is 0.0663. The van der Waals surface area contributed by atoms with E-state index in [4.69, 9.17) is 10.5 Å². The molecule has 4 nitrogen and oxygen atoms in total. The van der Waals surface area contributed by atoms with Crippen LogP contribution in [-0.2, 0) is 9.53 Å². The van der Waals surface area contributed by atoms with Crippen LogP contribution in [0.3, 0.4) is 0 Å². The molecule has 0 spiro atoms. The molecule has 23 heavy (non-hydrogen) atoms. The quantitative estimate of drug-likeness (QED) is 0.815. The first-order chi connectivity index (χ1) is 11.0. The van der Waals surface area contributed by atoms with Crippen molar-refractivity contribution in [1.82, 2.24) is 4.90 Å². The summed E-state index contributed by atoms with van der Waals surface area (Å²) in [4.78, 5) is 14.3. The molecule has 4 heteroatoms. The van der Waals surface area contributed by atoms with Gasteiger partial charge in [-0.3, -0.25) is 4.79 Å². The lowest BCUT2D eigenvalue weighted by Gasteiger charge is -2.41. The van der Waals surface area contributed by atoms with E-state index in [1.807, 2.05) is 4.90 Å². The number of amides is 1.